The van der Waals surface area contributed by atoms with Crippen LogP contribution < -0.4 is 5.32 Å². The Balaban J connectivity index is 1.80. The second-order valence-corrected chi connectivity index (χ2v) is 7.43. The highest BCUT2D eigenvalue weighted by Gasteiger charge is 2.24. The average Bonchev–Trinajstić information content (AvgIpc) is 2.50. The van der Waals surface area contributed by atoms with Crippen molar-refractivity contribution in [3.63, 3.8) is 0 Å². The molecule has 2 atom stereocenters. The third-order valence-corrected chi connectivity index (χ3v) is 5.79. The first-order valence-corrected chi connectivity index (χ1v) is 9.43. The van der Waals surface area contributed by atoms with Crippen LogP contribution in [-0.4, -0.2) is 52.3 Å². The van der Waals surface area contributed by atoms with Gasteiger partial charge >= 0.3 is 5.97 Å². The summed E-state index contributed by atoms with van der Waals surface area (Å²) in [5.41, 5.74) is 0. The number of hydroxylamine groups is 4. The summed E-state index contributed by atoms with van der Waals surface area (Å²) >= 11 is 0. The van der Waals surface area contributed by atoms with E-state index in [-0.39, 0.29) is 5.75 Å². The zero-order valence-corrected chi connectivity index (χ0v) is 13.6. The maximum atomic E-state index is 11.7. The highest BCUT2D eigenvalue weighted by Crippen LogP contribution is 2.33. The van der Waals surface area contributed by atoms with E-state index in [1.807, 2.05) is 6.08 Å². The molecule has 2 aliphatic heterocycles. The summed E-state index contributed by atoms with van der Waals surface area (Å²) in [5.74, 6) is -0.706. The topological polar surface area (TPSA) is 102 Å². The van der Waals surface area contributed by atoms with Crippen molar-refractivity contribution in [1.82, 2.24) is 15.4 Å². The Morgan fingerprint density at radius 1 is 1.50 bits per heavy atom. The Labute approximate surface area is 137 Å². The lowest BCUT2D eigenvalue weighted by Gasteiger charge is -2.42. The van der Waals surface area contributed by atoms with Crippen molar-refractivity contribution in [2.45, 2.75) is 31.5 Å². The smallest absolute Gasteiger partial charge is 0.321 e. The standard InChI is InChI=1S/C13H19N3O4S2/c17-13(18)10(14-11-5-1-3-7-15(11)19)9-21-22-12-6-2-4-8-16(12)20/h2,4,6,10-11,14H,1,3,5,7-9H2,(H,17,18)/q-2/t10-,11?/m0/s1. The van der Waals surface area contributed by atoms with Gasteiger partial charge in [-0.2, -0.15) is 0 Å². The van der Waals surface area contributed by atoms with Gasteiger partial charge in [0, 0.05) is 18.5 Å². The zero-order chi connectivity index (χ0) is 15.9. The van der Waals surface area contributed by atoms with Crippen LogP contribution in [-0.2, 0) is 4.79 Å². The van der Waals surface area contributed by atoms with Crippen LogP contribution in [0.3, 0.4) is 0 Å². The number of carboxylic acid groups (broad SMARTS) is 1. The van der Waals surface area contributed by atoms with E-state index >= 15 is 0 Å². The minimum Gasteiger partial charge on any atom is -0.784 e. The van der Waals surface area contributed by atoms with E-state index < -0.39 is 18.2 Å². The molecular weight excluding hydrogens is 326 g/mol. The van der Waals surface area contributed by atoms with Crippen LogP contribution in [0.15, 0.2) is 23.3 Å². The van der Waals surface area contributed by atoms with Gasteiger partial charge in [0.05, 0.1) is 5.03 Å². The third kappa shape index (κ3) is 5.18. The summed E-state index contributed by atoms with van der Waals surface area (Å²) in [5, 5.41) is 37.8. The van der Waals surface area contributed by atoms with Crippen molar-refractivity contribution < 1.29 is 9.90 Å². The summed E-state index contributed by atoms with van der Waals surface area (Å²) in [6.45, 7) is 0.753. The molecule has 0 aromatic rings. The quantitative estimate of drug-likeness (QED) is 0.670. The van der Waals surface area contributed by atoms with Crippen LogP contribution in [0, 0.1) is 10.4 Å². The number of nitrogens with zero attached hydrogens (tertiary/aromatic N) is 2. The van der Waals surface area contributed by atoms with Crippen LogP contribution in [0.25, 0.3) is 0 Å². The fourth-order valence-corrected chi connectivity index (χ4v) is 4.45. The van der Waals surface area contributed by atoms with Gasteiger partial charge in [-0.25, -0.2) is 0 Å². The molecule has 7 nitrogen and oxygen atoms in total. The number of nitrogens with one attached hydrogen (secondary N) is 1. The van der Waals surface area contributed by atoms with Gasteiger partial charge < -0.3 is 25.6 Å². The predicted octanol–water partition coefficient (Wildman–Crippen LogP) is 1.93. The number of piperidine rings is 1. The Bertz CT molecular complexity index is 447. The molecular formula is C13H19N3O4S2-2. The molecule has 0 radical (unpaired) electrons. The molecule has 124 valence electrons. The van der Waals surface area contributed by atoms with Crippen molar-refractivity contribution in [2.24, 2.45) is 0 Å². The summed E-state index contributed by atoms with van der Waals surface area (Å²) in [6.07, 6.45) is 7.28. The number of hydrogen-bond donors (Lipinski definition) is 2. The second kappa shape index (κ2) is 8.80. The molecule has 2 N–H and O–H groups in total. The molecule has 1 saturated heterocycles. The first-order valence-electron chi connectivity index (χ1n) is 7.11. The average molecular weight is 345 g/mol. The summed E-state index contributed by atoms with van der Waals surface area (Å²) in [6, 6.07) is -0.808. The molecule has 9 heteroatoms. The van der Waals surface area contributed by atoms with Crippen molar-refractivity contribution in [2.75, 3.05) is 18.8 Å². The van der Waals surface area contributed by atoms with Crippen LogP contribution >= 0.6 is 21.6 Å². The maximum Gasteiger partial charge on any atom is 0.321 e. The van der Waals surface area contributed by atoms with Gasteiger partial charge in [0.25, 0.3) is 0 Å². The Hall–Kier alpha value is -0.710. The fourth-order valence-electron chi connectivity index (χ4n) is 2.21. The molecule has 2 aliphatic rings. The monoisotopic (exact) mass is 345 g/mol. The Morgan fingerprint density at radius 2 is 2.32 bits per heavy atom. The van der Waals surface area contributed by atoms with E-state index in [0.29, 0.717) is 24.5 Å². The van der Waals surface area contributed by atoms with Crippen LogP contribution in [0.4, 0.5) is 0 Å². The predicted molar refractivity (Wildman–Crippen MR) is 89.6 cm³/mol. The van der Waals surface area contributed by atoms with Gasteiger partial charge in [-0.3, -0.25) is 10.1 Å². The largest absolute Gasteiger partial charge is 0.784 e. The van der Waals surface area contributed by atoms with E-state index in [1.165, 1.54) is 21.6 Å². The van der Waals surface area contributed by atoms with E-state index in [1.54, 1.807) is 12.2 Å². The Morgan fingerprint density at radius 3 is 3.00 bits per heavy atom. The molecule has 0 spiro atoms. The van der Waals surface area contributed by atoms with E-state index in [2.05, 4.69) is 5.32 Å². The van der Waals surface area contributed by atoms with Gasteiger partial charge in [-0.05, 0) is 42.7 Å². The second-order valence-electron chi connectivity index (χ2n) is 5.07. The summed E-state index contributed by atoms with van der Waals surface area (Å²) in [7, 11) is 2.56. The highest BCUT2D eigenvalue weighted by molar-refractivity contribution is 8.78. The van der Waals surface area contributed by atoms with Gasteiger partial charge in [-0.1, -0.05) is 22.9 Å². The fraction of sp³-hybridized carbons (Fsp3) is 0.615. The number of hydrogen-bond acceptors (Lipinski definition) is 8. The molecule has 1 fully saturated rings. The number of rotatable bonds is 7. The molecule has 0 aliphatic carbocycles. The zero-order valence-electron chi connectivity index (χ0n) is 12.0. The van der Waals surface area contributed by atoms with E-state index in [4.69, 9.17) is 0 Å². The van der Waals surface area contributed by atoms with E-state index in [9.17, 15) is 20.3 Å². The number of carboxylic acids is 1. The SMILES string of the molecule is O=C(O)[C@H](CSSC1=CC=CCN1[O-])NC1CCCCN1[O-]. The number of carbonyl (C=O) groups is 1. The van der Waals surface area contributed by atoms with Gasteiger partial charge in [0.2, 0.25) is 0 Å². The summed E-state index contributed by atoms with van der Waals surface area (Å²) in [4.78, 5) is 11.3. The lowest BCUT2D eigenvalue weighted by atomic mass is 10.1. The van der Waals surface area contributed by atoms with Crippen molar-refractivity contribution in [3.8, 4) is 0 Å². The molecule has 0 aromatic heterocycles. The lowest BCUT2D eigenvalue weighted by molar-refractivity contribution is -0.139. The lowest BCUT2D eigenvalue weighted by Crippen LogP contribution is -2.52. The first kappa shape index (κ1) is 17.6. The molecule has 0 saturated carbocycles. The van der Waals surface area contributed by atoms with Crippen molar-refractivity contribution in [3.05, 3.63) is 33.7 Å². The van der Waals surface area contributed by atoms with Crippen molar-refractivity contribution in [1.29, 1.82) is 0 Å². The van der Waals surface area contributed by atoms with Crippen LogP contribution in [0.2, 0.25) is 0 Å². The summed E-state index contributed by atoms with van der Waals surface area (Å²) < 4.78 is 0. The molecule has 22 heavy (non-hydrogen) atoms. The molecule has 0 bridgehead atoms. The minimum absolute atomic E-state index is 0.277. The van der Waals surface area contributed by atoms with Gasteiger partial charge in [0.1, 0.15) is 6.04 Å². The Kier molecular flexibility index (Phi) is 7.06. The minimum atomic E-state index is -0.983. The first-order chi connectivity index (χ1) is 10.6. The molecule has 2 heterocycles. The molecule has 2 rings (SSSR count). The van der Waals surface area contributed by atoms with E-state index in [0.717, 1.165) is 23.0 Å². The van der Waals surface area contributed by atoms with Gasteiger partial charge in [-0.15, -0.1) is 0 Å². The van der Waals surface area contributed by atoms with Gasteiger partial charge in [0.15, 0.2) is 0 Å². The van der Waals surface area contributed by atoms with Crippen LogP contribution in [0.1, 0.15) is 19.3 Å². The molecule has 0 amide bonds. The highest BCUT2D eigenvalue weighted by atomic mass is 33.1. The van der Waals surface area contributed by atoms with Crippen LogP contribution in [0.5, 0.6) is 0 Å². The maximum absolute atomic E-state index is 11.7. The van der Waals surface area contributed by atoms with Crippen molar-refractivity contribution >= 4 is 27.6 Å². The molecule has 0 aromatic carbocycles. The number of aliphatic carboxylic acids is 1. The number of allylic oxidation sites excluding steroid dienone is 2. The normalized spacial score (nSPS) is 24.2. The molecule has 1 unspecified atom stereocenters. The third-order valence-electron chi connectivity index (χ3n) is 3.42.